The van der Waals surface area contributed by atoms with Crippen molar-refractivity contribution in [2.75, 3.05) is 5.73 Å². The summed E-state index contributed by atoms with van der Waals surface area (Å²) < 4.78 is 5.94. The fourth-order valence-corrected chi connectivity index (χ4v) is 2.21. The minimum Gasteiger partial charge on any atom is -0.449 e. The maximum atomic E-state index is 10.4. The van der Waals surface area contributed by atoms with Gasteiger partial charge in [0.15, 0.2) is 5.65 Å². The van der Waals surface area contributed by atoms with E-state index < -0.39 is 6.16 Å². The Morgan fingerprint density at radius 1 is 1.37 bits per heavy atom. The Labute approximate surface area is 109 Å². The van der Waals surface area contributed by atoms with Gasteiger partial charge in [-0.15, -0.1) is 0 Å². The van der Waals surface area contributed by atoms with Crippen LogP contribution in [-0.2, 0) is 0 Å². The second kappa shape index (κ2) is 4.17. The van der Waals surface area contributed by atoms with Crippen LogP contribution in [0.4, 0.5) is 10.6 Å². The number of nitrogens with two attached hydrogens (primary N) is 1. The lowest BCUT2D eigenvalue weighted by atomic mass is 10.4. The van der Waals surface area contributed by atoms with Crippen molar-refractivity contribution in [3.05, 3.63) is 18.7 Å². The molecule has 96 valence electrons. The van der Waals surface area contributed by atoms with Crippen LogP contribution in [0.3, 0.4) is 0 Å². The van der Waals surface area contributed by atoms with Crippen molar-refractivity contribution in [2.45, 2.75) is 0 Å². The predicted octanol–water partition coefficient (Wildman–Crippen LogP) is 0.911. The van der Waals surface area contributed by atoms with Gasteiger partial charge in [-0.3, -0.25) is 0 Å². The van der Waals surface area contributed by atoms with E-state index in [-0.39, 0.29) is 5.06 Å². The number of hydrogen-bond donors (Lipinski definition) is 2. The Bertz CT molecular complexity index is 766. The first-order chi connectivity index (χ1) is 9.15. The maximum absolute atomic E-state index is 10.4. The number of fused-ring (bicyclic) bond motifs is 1. The molecule has 3 N–H and O–H groups in total. The molecular weight excluding hydrogens is 272 g/mol. The first-order valence-electron chi connectivity index (χ1n) is 4.96. The van der Waals surface area contributed by atoms with Crippen molar-refractivity contribution < 1.29 is 14.6 Å². The van der Waals surface area contributed by atoms with Gasteiger partial charge in [-0.2, -0.15) is 9.78 Å². The summed E-state index contributed by atoms with van der Waals surface area (Å²) in [5.41, 5.74) is 6.18. The lowest BCUT2D eigenvalue weighted by molar-refractivity contribution is 0.146. The van der Waals surface area contributed by atoms with Crippen LogP contribution in [0.5, 0.6) is 5.06 Å². The van der Waals surface area contributed by atoms with Crippen LogP contribution in [0.15, 0.2) is 18.7 Å². The monoisotopic (exact) mass is 278 g/mol. The lowest BCUT2D eigenvalue weighted by Gasteiger charge is -1.97. The fourth-order valence-electron chi connectivity index (χ4n) is 1.48. The van der Waals surface area contributed by atoms with Gasteiger partial charge in [0, 0.05) is 0 Å². The van der Waals surface area contributed by atoms with Crippen LogP contribution in [0.25, 0.3) is 16.2 Å². The number of hydrogen-bond acceptors (Lipinski definition) is 8. The third kappa shape index (κ3) is 1.93. The quantitative estimate of drug-likeness (QED) is 0.661. The molecule has 0 bridgehead atoms. The minimum atomic E-state index is -1.40. The summed E-state index contributed by atoms with van der Waals surface area (Å²) >= 11 is 1.02. The van der Waals surface area contributed by atoms with Crippen LogP contribution < -0.4 is 10.5 Å². The highest BCUT2D eigenvalue weighted by molar-refractivity contribution is 7.15. The van der Waals surface area contributed by atoms with E-state index in [4.69, 9.17) is 10.8 Å². The smallest absolute Gasteiger partial charge is 0.449 e. The van der Waals surface area contributed by atoms with E-state index in [2.05, 4.69) is 24.8 Å². The van der Waals surface area contributed by atoms with Crippen molar-refractivity contribution in [3.63, 3.8) is 0 Å². The van der Waals surface area contributed by atoms with E-state index in [1.54, 1.807) is 0 Å². The molecule has 0 aliphatic heterocycles. The summed E-state index contributed by atoms with van der Waals surface area (Å²) in [6, 6.07) is 0. The van der Waals surface area contributed by atoms with Crippen LogP contribution >= 0.6 is 11.3 Å². The molecule has 9 nitrogen and oxygen atoms in total. The lowest BCUT2D eigenvalue weighted by Crippen LogP contribution is -2.01. The van der Waals surface area contributed by atoms with Crippen LogP contribution in [0, 0.1) is 0 Å². The molecule has 0 spiro atoms. The molecule has 0 aliphatic rings. The molecule has 0 saturated carbocycles. The van der Waals surface area contributed by atoms with Crippen molar-refractivity contribution in [1.82, 2.24) is 24.7 Å². The molecule has 0 atom stereocenters. The number of aromatic nitrogens is 5. The van der Waals surface area contributed by atoms with Gasteiger partial charge >= 0.3 is 6.16 Å². The van der Waals surface area contributed by atoms with Gasteiger partial charge in [0.05, 0.1) is 17.8 Å². The summed E-state index contributed by atoms with van der Waals surface area (Å²) in [6.45, 7) is 0. The third-order valence-electron chi connectivity index (χ3n) is 2.24. The summed E-state index contributed by atoms with van der Waals surface area (Å²) in [5.74, 6) is 0.315. The van der Waals surface area contributed by atoms with Crippen molar-refractivity contribution >= 4 is 34.3 Å². The molecule has 0 radical (unpaired) electrons. The third-order valence-corrected chi connectivity index (χ3v) is 3.09. The first-order valence-corrected chi connectivity index (χ1v) is 5.78. The molecule has 0 aliphatic carbocycles. The van der Waals surface area contributed by atoms with E-state index in [1.807, 2.05) is 0 Å². The molecule has 0 saturated heterocycles. The van der Waals surface area contributed by atoms with Crippen LogP contribution in [0.2, 0.25) is 0 Å². The number of thiazole rings is 1. The van der Waals surface area contributed by atoms with E-state index in [0.29, 0.717) is 22.0 Å². The van der Waals surface area contributed by atoms with Crippen molar-refractivity contribution in [1.29, 1.82) is 0 Å². The Balaban J connectivity index is 2.07. The predicted molar refractivity (Wildman–Crippen MR) is 65.4 cm³/mol. The Morgan fingerprint density at radius 2 is 2.21 bits per heavy atom. The van der Waals surface area contributed by atoms with Gasteiger partial charge in [0.1, 0.15) is 12.1 Å². The van der Waals surface area contributed by atoms with E-state index in [0.717, 1.165) is 11.3 Å². The molecule has 19 heavy (non-hydrogen) atoms. The van der Waals surface area contributed by atoms with Crippen LogP contribution in [-0.4, -0.2) is 36.0 Å². The average Bonchev–Trinajstić information content (AvgIpc) is 2.95. The summed E-state index contributed by atoms with van der Waals surface area (Å²) in [7, 11) is 0. The molecule has 0 unspecified atom stereocenters. The highest BCUT2D eigenvalue weighted by atomic mass is 32.1. The second-order valence-corrected chi connectivity index (χ2v) is 4.35. The molecule has 3 heterocycles. The van der Waals surface area contributed by atoms with Gasteiger partial charge < -0.3 is 15.6 Å². The van der Waals surface area contributed by atoms with Crippen molar-refractivity contribution in [3.8, 4) is 10.2 Å². The number of nitrogen functional groups attached to an aromatic ring is 1. The first kappa shape index (κ1) is 11.3. The van der Waals surface area contributed by atoms with Gasteiger partial charge in [-0.1, -0.05) is 11.3 Å². The zero-order chi connectivity index (χ0) is 13.4. The van der Waals surface area contributed by atoms with E-state index in [1.165, 1.54) is 23.4 Å². The number of anilines is 1. The summed E-state index contributed by atoms with van der Waals surface area (Å²) in [6.07, 6.45) is 2.74. The highest BCUT2D eigenvalue weighted by Crippen LogP contribution is 2.27. The Kier molecular flexibility index (Phi) is 2.49. The molecule has 3 aromatic rings. The SMILES string of the molecule is Nc1ncnc2c1cnn2-c1ncc(OC(=O)O)s1. The highest BCUT2D eigenvalue weighted by Gasteiger charge is 2.13. The Hall–Kier alpha value is -2.75. The van der Waals surface area contributed by atoms with Gasteiger partial charge in [-0.05, 0) is 0 Å². The minimum absolute atomic E-state index is 0.146. The molecule has 3 rings (SSSR count). The average molecular weight is 278 g/mol. The number of rotatable bonds is 2. The standard InChI is InChI=1S/C9H6N6O3S/c10-6-4-1-14-15(7(4)13-3-12-6)8-11-2-5(19-8)18-9(16)17/h1-3H,(H,16,17)(H2,10,12,13). The summed E-state index contributed by atoms with van der Waals surface area (Å²) in [5, 5.41) is 13.8. The zero-order valence-corrected chi connectivity index (χ0v) is 10.0. The maximum Gasteiger partial charge on any atom is 0.512 e. The topological polar surface area (TPSA) is 129 Å². The van der Waals surface area contributed by atoms with Gasteiger partial charge in [-0.25, -0.2) is 19.7 Å². The molecule has 0 amide bonds. The van der Waals surface area contributed by atoms with Crippen molar-refractivity contribution in [2.24, 2.45) is 0 Å². The van der Waals surface area contributed by atoms with E-state index in [9.17, 15) is 4.79 Å². The number of carboxylic acid groups (broad SMARTS) is 1. The fraction of sp³-hybridized carbons (Fsp3) is 0. The normalized spacial score (nSPS) is 10.7. The van der Waals surface area contributed by atoms with Gasteiger partial charge in [0.25, 0.3) is 0 Å². The molecule has 0 aromatic carbocycles. The largest absolute Gasteiger partial charge is 0.512 e. The van der Waals surface area contributed by atoms with Crippen LogP contribution in [0.1, 0.15) is 0 Å². The molecule has 3 aromatic heterocycles. The number of ether oxygens (including phenoxy) is 1. The Morgan fingerprint density at radius 3 is 3.00 bits per heavy atom. The van der Waals surface area contributed by atoms with E-state index >= 15 is 0 Å². The summed E-state index contributed by atoms with van der Waals surface area (Å²) in [4.78, 5) is 22.4. The molecular formula is C9H6N6O3S. The molecule has 10 heteroatoms. The zero-order valence-electron chi connectivity index (χ0n) is 9.22. The second-order valence-electron chi connectivity index (χ2n) is 3.38. The molecule has 0 fully saturated rings. The van der Waals surface area contributed by atoms with Gasteiger partial charge in [0.2, 0.25) is 10.2 Å². The number of nitrogens with zero attached hydrogens (tertiary/aromatic N) is 5. The number of carbonyl (C=O) groups is 1.